The highest BCUT2D eigenvalue weighted by Gasteiger charge is 2.20. The monoisotopic (exact) mass is 369 g/mol. The maximum atomic E-state index is 9.64. The van der Waals surface area contributed by atoms with Crippen molar-refractivity contribution < 1.29 is 14.9 Å². The minimum atomic E-state index is -0.187. The summed E-state index contributed by atoms with van der Waals surface area (Å²) in [7, 11) is 0. The fourth-order valence-electron chi connectivity index (χ4n) is 3.43. The number of aliphatic hydroxyl groups excluding tert-OH is 2. The minimum absolute atomic E-state index is 0.0380. The number of nitrogens with zero attached hydrogens (tertiary/aromatic N) is 4. The molecule has 27 heavy (non-hydrogen) atoms. The van der Waals surface area contributed by atoms with E-state index in [4.69, 9.17) is 9.84 Å². The first-order valence-electron chi connectivity index (χ1n) is 9.23. The Kier molecular flexibility index (Phi) is 5.17. The lowest BCUT2D eigenvalue weighted by Gasteiger charge is -2.26. The summed E-state index contributed by atoms with van der Waals surface area (Å²) in [4.78, 5) is 8.93. The van der Waals surface area contributed by atoms with Gasteiger partial charge in [-0.15, -0.1) is 0 Å². The molecule has 2 heterocycles. The Morgan fingerprint density at radius 3 is 2.85 bits per heavy atom. The highest BCUT2D eigenvalue weighted by Crippen LogP contribution is 2.27. The minimum Gasteiger partial charge on any atom is -0.490 e. The molecule has 0 unspecified atom stereocenters. The van der Waals surface area contributed by atoms with Crippen LogP contribution in [0.3, 0.4) is 0 Å². The molecule has 142 valence electrons. The lowest BCUT2D eigenvalue weighted by molar-refractivity contribution is 0.126. The zero-order valence-corrected chi connectivity index (χ0v) is 15.0. The molecule has 0 spiro atoms. The van der Waals surface area contributed by atoms with Gasteiger partial charge in [0, 0.05) is 18.3 Å². The predicted molar refractivity (Wildman–Crippen MR) is 101 cm³/mol. The van der Waals surface area contributed by atoms with Gasteiger partial charge in [0.1, 0.15) is 12.4 Å². The third-order valence-corrected chi connectivity index (χ3v) is 4.81. The molecule has 1 aromatic carbocycles. The molecule has 0 amide bonds. The molecule has 0 saturated heterocycles. The number of hydrogen-bond acceptors (Lipinski definition) is 7. The highest BCUT2D eigenvalue weighted by molar-refractivity contribution is 5.86. The molecular formula is C19H23N5O3. The quantitative estimate of drug-likeness (QED) is 0.609. The van der Waals surface area contributed by atoms with Crippen LogP contribution in [-0.4, -0.2) is 55.3 Å². The van der Waals surface area contributed by atoms with E-state index in [9.17, 15) is 5.11 Å². The molecule has 1 aliphatic rings. The summed E-state index contributed by atoms with van der Waals surface area (Å²) >= 11 is 0. The third-order valence-electron chi connectivity index (χ3n) is 4.81. The van der Waals surface area contributed by atoms with Gasteiger partial charge in [0.25, 0.3) is 0 Å². The lowest BCUT2D eigenvalue weighted by atomic mass is 9.93. The lowest BCUT2D eigenvalue weighted by Crippen LogP contribution is -2.29. The van der Waals surface area contributed by atoms with Crippen molar-refractivity contribution in [2.45, 2.75) is 37.8 Å². The van der Waals surface area contributed by atoms with Crippen LogP contribution >= 0.6 is 0 Å². The van der Waals surface area contributed by atoms with Crippen molar-refractivity contribution in [2.24, 2.45) is 0 Å². The van der Waals surface area contributed by atoms with Gasteiger partial charge < -0.3 is 20.3 Å². The Hall–Kier alpha value is -2.71. The maximum Gasteiger partial charge on any atom is 0.224 e. The molecule has 4 rings (SSSR count). The van der Waals surface area contributed by atoms with Crippen LogP contribution in [0.4, 0.5) is 5.95 Å². The summed E-state index contributed by atoms with van der Waals surface area (Å²) in [5.74, 6) is 1.91. The van der Waals surface area contributed by atoms with Crippen LogP contribution in [0.1, 0.15) is 25.7 Å². The van der Waals surface area contributed by atoms with E-state index in [2.05, 4.69) is 20.4 Å². The predicted octanol–water partition coefficient (Wildman–Crippen LogP) is 1.90. The summed E-state index contributed by atoms with van der Waals surface area (Å²) in [6, 6.07) is 7.78. The molecule has 1 aliphatic carbocycles. The molecule has 0 radical (unpaired) electrons. The number of ether oxygens (including phenoxy) is 1. The molecule has 0 atom stereocenters. The Morgan fingerprint density at radius 1 is 1.19 bits per heavy atom. The number of fused-ring (bicyclic) bond motifs is 1. The molecule has 0 bridgehead atoms. The van der Waals surface area contributed by atoms with Gasteiger partial charge in [-0.05, 0) is 37.8 Å². The number of rotatable bonds is 6. The van der Waals surface area contributed by atoms with Crippen LogP contribution in [-0.2, 0) is 0 Å². The van der Waals surface area contributed by atoms with E-state index in [0.29, 0.717) is 17.5 Å². The molecule has 1 saturated carbocycles. The molecule has 8 heteroatoms. The SMILES string of the molecule is OCCOc1cccc2c1cnn2-c1ccnc(NC2CCC(O)CC2)n1. The third kappa shape index (κ3) is 3.86. The summed E-state index contributed by atoms with van der Waals surface area (Å²) in [5, 5.41) is 27.3. The van der Waals surface area contributed by atoms with Gasteiger partial charge in [-0.3, -0.25) is 0 Å². The van der Waals surface area contributed by atoms with Crippen molar-refractivity contribution in [1.82, 2.24) is 19.7 Å². The van der Waals surface area contributed by atoms with Crippen LogP contribution in [0.15, 0.2) is 36.7 Å². The Labute approximate surface area is 156 Å². The molecule has 8 nitrogen and oxygen atoms in total. The Bertz CT molecular complexity index is 905. The Morgan fingerprint density at radius 2 is 2.04 bits per heavy atom. The first-order chi connectivity index (χ1) is 13.2. The van der Waals surface area contributed by atoms with E-state index in [0.717, 1.165) is 36.6 Å². The number of benzene rings is 1. The van der Waals surface area contributed by atoms with E-state index in [-0.39, 0.29) is 25.4 Å². The molecule has 0 aliphatic heterocycles. The van der Waals surface area contributed by atoms with Crippen LogP contribution in [0.5, 0.6) is 5.75 Å². The van der Waals surface area contributed by atoms with Crippen molar-refractivity contribution in [3.05, 3.63) is 36.7 Å². The van der Waals surface area contributed by atoms with Gasteiger partial charge in [-0.25, -0.2) is 9.67 Å². The van der Waals surface area contributed by atoms with E-state index >= 15 is 0 Å². The number of nitrogens with one attached hydrogen (secondary N) is 1. The topological polar surface area (TPSA) is 105 Å². The van der Waals surface area contributed by atoms with E-state index in [1.165, 1.54) is 0 Å². The van der Waals surface area contributed by atoms with E-state index < -0.39 is 0 Å². The van der Waals surface area contributed by atoms with Crippen molar-refractivity contribution in [2.75, 3.05) is 18.5 Å². The molecule has 1 fully saturated rings. The van der Waals surface area contributed by atoms with Crippen LogP contribution in [0.2, 0.25) is 0 Å². The van der Waals surface area contributed by atoms with Crippen molar-refractivity contribution in [1.29, 1.82) is 0 Å². The second-order valence-corrected chi connectivity index (χ2v) is 6.71. The van der Waals surface area contributed by atoms with Gasteiger partial charge in [0.2, 0.25) is 5.95 Å². The average molecular weight is 369 g/mol. The summed E-state index contributed by atoms with van der Waals surface area (Å²) in [6.07, 6.45) is 6.68. The van der Waals surface area contributed by atoms with E-state index in [1.54, 1.807) is 17.1 Å². The van der Waals surface area contributed by atoms with Crippen LogP contribution < -0.4 is 10.1 Å². The Balaban J connectivity index is 1.58. The maximum absolute atomic E-state index is 9.64. The first kappa shape index (κ1) is 17.7. The van der Waals surface area contributed by atoms with Gasteiger partial charge >= 0.3 is 0 Å². The summed E-state index contributed by atoms with van der Waals surface area (Å²) in [5.41, 5.74) is 0.871. The fourth-order valence-corrected chi connectivity index (χ4v) is 3.43. The van der Waals surface area contributed by atoms with Crippen molar-refractivity contribution in [3.8, 4) is 11.6 Å². The molecular weight excluding hydrogens is 346 g/mol. The zero-order chi connectivity index (χ0) is 18.6. The summed E-state index contributed by atoms with van der Waals surface area (Å²) < 4.78 is 7.33. The van der Waals surface area contributed by atoms with Gasteiger partial charge in [-0.2, -0.15) is 10.1 Å². The largest absolute Gasteiger partial charge is 0.490 e. The van der Waals surface area contributed by atoms with Gasteiger partial charge in [0.15, 0.2) is 5.82 Å². The second-order valence-electron chi connectivity index (χ2n) is 6.71. The number of hydrogen-bond donors (Lipinski definition) is 3. The second kappa shape index (κ2) is 7.89. The molecule has 2 aromatic heterocycles. The zero-order valence-electron chi connectivity index (χ0n) is 15.0. The highest BCUT2D eigenvalue weighted by atomic mass is 16.5. The standard InChI is InChI=1S/C19H23N5O3/c25-10-11-27-17-3-1-2-16-15(17)12-21-24(16)18-8-9-20-19(23-18)22-13-4-6-14(26)7-5-13/h1-3,8-9,12-14,25-26H,4-7,10-11H2,(H,20,22,23). The van der Waals surface area contributed by atoms with Crippen LogP contribution in [0, 0.1) is 0 Å². The number of anilines is 1. The molecule has 3 N–H and O–H groups in total. The first-order valence-corrected chi connectivity index (χ1v) is 9.23. The molecule has 3 aromatic rings. The fraction of sp³-hybridized carbons (Fsp3) is 0.421. The van der Waals surface area contributed by atoms with E-state index in [1.807, 2.05) is 24.3 Å². The van der Waals surface area contributed by atoms with Crippen molar-refractivity contribution in [3.63, 3.8) is 0 Å². The van der Waals surface area contributed by atoms with Gasteiger partial charge in [0.05, 0.1) is 29.8 Å². The van der Waals surface area contributed by atoms with Crippen molar-refractivity contribution >= 4 is 16.9 Å². The summed E-state index contributed by atoms with van der Waals surface area (Å²) in [6.45, 7) is 0.200. The van der Waals surface area contributed by atoms with Crippen LogP contribution in [0.25, 0.3) is 16.7 Å². The number of aliphatic hydroxyl groups is 2. The normalized spacial score (nSPS) is 19.9. The number of aromatic nitrogens is 4. The smallest absolute Gasteiger partial charge is 0.224 e. The van der Waals surface area contributed by atoms with Gasteiger partial charge in [-0.1, -0.05) is 6.07 Å². The average Bonchev–Trinajstić information content (AvgIpc) is 3.13.